The van der Waals surface area contributed by atoms with E-state index in [0.717, 1.165) is 23.0 Å². The Balaban J connectivity index is 1.49. The Bertz CT molecular complexity index is 1070. The number of hydrogen-bond donors (Lipinski definition) is 0. The van der Waals surface area contributed by atoms with Gasteiger partial charge in [0.1, 0.15) is 23.8 Å². The maximum atomic E-state index is 12.9. The molecule has 4 rings (SSSR count). The van der Waals surface area contributed by atoms with Crippen LogP contribution in [0.3, 0.4) is 0 Å². The Morgan fingerprint density at radius 1 is 0.893 bits per heavy atom. The van der Waals surface area contributed by atoms with Gasteiger partial charge < -0.3 is 4.90 Å². The van der Waals surface area contributed by atoms with Crippen LogP contribution in [0.15, 0.2) is 53.9 Å². The maximum absolute atomic E-state index is 12.9. The van der Waals surface area contributed by atoms with E-state index in [9.17, 15) is 8.42 Å². The molecule has 1 aliphatic heterocycles. The van der Waals surface area contributed by atoms with E-state index in [2.05, 4.69) is 19.9 Å². The smallest absolute Gasteiger partial charge is 0.243 e. The van der Waals surface area contributed by atoms with E-state index in [0.29, 0.717) is 31.1 Å². The molecule has 28 heavy (non-hydrogen) atoms. The van der Waals surface area contributed by atoms with Gasteiger partial charge in [0.2, 0.25) is 10.0 Å². The molecule has 1 aliphatic rings. The number of aryl methyl sites for hydroxylation is 2. The number of hydrogen-bond acceptors (Lipinski definition) is 6. The Kier molecular flexibility index (Phi) is 4.86. The number of imidazole rings is 1. The van der Waals surface area contributed by atoms with E-state index >= 15 is 0 Å². The van der Waals surface area contributed by atoms with Crippen molar-refractivity contribution in [1.82, 2.24) is 23.8 Å². The van der Waals surface area contributed by atoms with E-state index in [4.69, 9.17) is 0 Å². The summed E-state index contributed by atoms with van der Waals surface area (Å²) in [5.74, 6) is 2.37. The van der Waals surface area contributed by atoms with Gasteiger partial charge in [-0.2, -0.15) is 4.31 Å². The lowest BCUT2D eigenvalue weighted by Crippen LogP contribution is -2.48. The van der Waals surface area contributed by atoms with Gasteiger partial charge in [0.25, 0.3) is 0 Å². The molecule has 146 valence electrons. The fourth-order valence-corrected chi connectivity index (χ4v) is 4.70. The molecule has 3 heterocycles. The molecule has 0 aliphatic carbocycles. The molecule has 9 heteroatoms. The monoisotopic (exact) mass is 398 g/mol. The second-order valence-electron chi connectivity index (χ2n) is 6.78. The van der Waals surface area contributed by atoms with Crippen LogP contribution in [0.1, 0.15) is 11.4 Å². The Labute approximate surface area is 164 Å². The zero-order chi connectivity index (χ0) is 19.7. The normalized spacial score (nSPS) is 15.7. The van der Waals surface area contributed by atoms with Gasteiger partial charge in [0, 0.05) is 44.6 Å². The van der Waals surface area contributed by atoms with Crippen molar-refractivity contribution in [2.45, 2.75) is 18.7 Å². The van der Waals surface area contributed by atoms with Crippen molar-refractivity contribution >= 4 is 15.8 Å². The minimum Gasteiger partial charge on any atom is -0.354 e. The molecule has 1 aromatic carbocycles. The molecule has 0 atom stereocenters. The van der Waals surface area contributed by atoms with E-state index in [1.165, 1.54) is 10.6 Å². The molecule has 8 nitrogen and oxygen atoms in total. The van der Waals surface area contributed by atoms with Crippen molar-refractivity contribution in [2.75, 3.05) is 31.1 Å². The highest BCUT2D eigenvalue weighted by molar-refractivity contribution is 7.89. The molecule has 1 fully saturated rings. The summed E-state index contributed by atoms with van der Waals surface area (Å²) in [5, 5.41) is 0. The molecule has 2 aromatic heterocycles. The highest BCUT2D eigenvalue weighted by Gasteiger charge is 2.29. The van der Waals surface area contributed by atoms with Gasteiger partial charge in [-0.05, 0) is 26.0 Å². The molecule has 0 saturated carbocycles. The average Bonchev–Trinajstić information content (AvgIpc) is 3.14. The van der Waals surface area contributed by atoms with Gasteiger partial charge in [-0.25, -0.2) is 23.4 Å². The van der Waals surface area contributed by atoms with Crippen molar-refractivity contribution in [3.8, 4) is 5.82 Å². The summed E-state index contributed by atoms with van der Waals surface area (Å²) in [6, 6.07) is 8.88. The van der Waals surface area contributed by atoms with Crippen molar-refractivity contribution in [2.24, 2.45) is 0 Å². The molecular weight excluding hydrogens is 376 g/mol. The van der Waals surface area contributed by atoms with Crippen molar-refractivity contribution in [3.63, 3.8) is 0 Å². The summed E-state index contributed by atoms with van der Waals surface area (Å²) in [6.45, 7) is 5.83. The summed E-state index contributed by atoms with van der Waals surface area (Å²) >= 11 is 0. The highest BCUT2D eigenvalue weighted by Crippen LogP contribution is 2.21. The van der Waals surface area contributed by atoms with E-state index in [1.807, 2.05) is 42.8 Å². The predicted molar refractivity (Wildman–Crippen MR) is 106 cm³/mol. The largest absolute Gasteiger partial charge is 0.354 e. The number of sulfonamides is 1. The molecule has 3 aromatic rings. The lowest BCUT2D eigenvalue weighted by molar-refractivity contribution is 0.383. The number of anilines is 1. The number of aromatic nitrogens is 4. The van der Waals surface area contributed by atoms with Crippen LogP contribution < -0.4 is 4.90 Å². The highest BCUT2D eigenvalue weighted by atomic mass is 32.2. The van der Waals surface area contributed by atoms with Crippen molar-refractivity contribution in [1.29, 1.82) is 0 Å². The number of rotatable bonds is 4. The van der Waals surface area contributed by atoms with Gasteiger partial charge in [-0.15, -0.1) is 0 Å². The van der Waals surface area contributed by atoms with Crippen LogP contribution in [0.5, 0.6) is 0 Å². The quantitative estimate of drug-likeness (QED) is 0.666. The molecule has 1 saturated heterocycles. The van der Waals surface area contributed by atoms with Crippen LogP contribution in [0.25, 0.3) is 5.82 Å². The average molecular weight is 398 g/mol. The third-order valence-corrected chi connectivity index (χ3v) is 6.85. The number of piperazine rings is 1. The van der Waals surface area contributed by atoms with Crippen LogP contribution in [0.4, 0.5) is 5.82 Å². The molecule has 0 radical (unpaired) electrons. The van der Waals surface area contributed by atoms with E-state index < -0.39 is 10.0 Å². The van der Waals surface area contributed by atoms with Gasteiger partial charge in [-0.3, -0.25) is 4.57 Å². The molecule has 0 amide bonds. The van der Waals surface area contributed by atoms with Gasteiger partial charge >= 0.3 is 0 Å². The topological polar surface area (TPSA) is 84.2 Å². The summed E-state index contributed by atoms with van der Waals surface area (Å²) in [7, 11) is -3.47. The molecule has 0 unspecified atom stereocenters. The lowest BCUT2D eigenvalue weighted by Gasteiger charge is -2.34. The SMILES string of the molecule is Cc1ccc(S(=O)(=O)N2CCN(c3cc(-n4ccnc4C)ncn3)CC2)cc1. The summed E-state index contributed by atoms with van der Waals surface area (Å²) in [4.78, 5) is 15.3. The second kappa shape index (κ2) is 7.33. The first kappa shape index (κ1) is 18.6. The molecule has 0 bridgehead atoms. The van der Waals surface area contributed by atoms with Crippen LogP contribution in [0, 0.1) is 13.8 Å². The van der Waals surface area contributed by atoms with E-state index in [1.54, 1.807) is 18.3 Å². The lowest BCUT2D eigenvalue weighted by atomic mass is 10.2. The Morgan fingerprint density at radius 3 is 2.21 bits per heavy atom. The maximum Gasteiger partial charge on any atom is 0.243 e. The third-order valence-electron chi connectivity index (χ3n) is 4.93. The third kappa shape index (κ3) is 3.50. The van der Waals surface area contributed by atoms with Crippen molar-refractivity contribution < 1.29 is 8.42 Å². The number of nitrogens with zero attached hydrogens (tertiary/aromatic N) is 6. The molecular formula is C19H22N6O2S. The van der Waals surface area contributed by atoms with E-state index in [-0.39, 0.29) is 0 Å². The van der Waals surface area contributed by atoms with Crippen LogP contribution in [0.2, 0.25) is 0 Å². The minimum absolute atomic E-state index is 0.339. The molecule has 0 N–H and O–H groups in total. The summed E-state index contributed by atoms with van der Waals surface area (Å²) < 4.78 is 29.2. The second-order valence-corrected chi connectivity index (χ2v) is 8.72. The van der Waals surface area contributed by atoms with Gasteiger partial charge in [0.15, 0.2) is 0 Å². The fourth-order valence-electron chi connectivity index (χ4n) is 3.28. The number of benzene rings is 1. The Hall–Kier alpha value is -2.78. The van der Waals surface area contributed by atoms with Crippen LogP contribution >= 0.6 is 0 Å². The van der Waals surface area contributed by atoms with Crippen LogP contribution in [-0.4, -0.2) is 58.4 Å². The van der Waals surface area contributed by atoms with Crippen LogP contribution in [-0.2, 0) is 10.0 Å². The first-order chi connectivity index (χ1) is 13.4. The first-order valence-corrected chi connectivity index (χ1v) is 10.5. The zero-order valence-corrected chi connectivity index (χ0v) is 16.7. The first-order valence-electron chi connectivity index (χ1n) is 9.09. The Morgan fingerprint density at radius 2 is 1.57 bits per heavy atom. The van der Waals surface area contributed by atoms with Gasteiger partial charge in [0.05, 0.1) is 4.90 Å². The summed E-state index contributed by atoms with van der Waals surface area (Å²) in [5.41, 5.74) is 1.04. The summed E-state index contributed by atoms with van der Waals surface area (Å²) in [6.07, 6.45) is 5.11. The fraction of sp³-hybridized carbons (Fsp3) is 0.316. The standard InChI is InChI=1S/C19H22N6O2S/c1-15-3-5-17(6-4-15)28(26,27)24-11-9-23(10-12-24)18-13-19(22-14-21-18)25-8-7-20-16(25)2/h3-8,13-14H,9-12H2,1-2H3. The minimum atomic E-state index is -3.47. The zero-order valence-electron chi connectivity index (χ0n) is 15.9. The predicted octanol–water partition coefficient (Wildman–Crippen LogP) is 1.79. The van der Waals surface area contributed by atoms with Gasteiger partial charge in [-0.1, -0.05) is 17.7 Å². The molecule has 0 spiro atoms. The van der Waals surface area contributed by atoms with Crippen molar-refractivity contribution in [3.05, 3.63) is 60.4 Å².